The van der Waals surface area contributed by atoms with Crippen molar-refractivity contribution in [3.63, 3.8) is 0 Å². The third kappa shape index (κ3) is 3.31. The van der Waals surface area contributed by atoms with E-state index >= 15 is 0 Å². The molecule has 0 aromatic carbocycles. The normalized spacial score (nSPS) is 15.6. The molecule has 0 spiro atoms. The first kappa shape index (κ1) is 14.2. The van der Waals surface area contributed by atoms with Gasteiger partial charge in [-0.15, -0.1) is 11.3 Å². The summed E-state index contributed by atoms with van der Waals surface area (Å²) in [6.07, 6.45) is 2.76. The van der Waals surface area contributed by atoms with Gasteiger partial charge < -0.3 is 10.2 Å². The van der Waals surface area contributed by atoms with Crippen molar-refractivity contribution in [1.82, 2.24) is 15.2 Å². The van der Waals surface area contributed by atoms with Crippen LogP contribution in [0.1, 0.15) is 29.1 Å². The molecule has 3 heterocycles. The average Bonchev–Trinajstić information content (AvgIpc) is 3.00. The Morgan fingerprint density at radius 3 is 3.19 bits per heavy atom. The number of carbonyl (C=O) groups is 1. The summed E-state index contributed by atoms with van der Waals surface area (Å²) in [7, 11) is 0. The van der Waals surface area contributed by atoms with Gasteiger partial charge in [0.25, 0.3) is 0 Å². The highest BCUT2D eigenvalue weighted by atomic mass is 32.1. The lowest BCUT2D eigenvalue weighted by molar-refractivity contribution is -0.131. The molecule has 0 aliphatic carbocycles. The Balaban J connectivity index is 1.53. The van der Waals surface area contributed by atoms with Gasteiger partial charge in [-0.05, 0) is 42.5 Å². The molecule has 5 heteroatoms. The van der Waals surface area contributed by atoms with Crippen LogP contribution in [0.5, 0.6) is 0 Å². The van der Waals surface area contributed by atoms with Crippen molar-refractivity contribution in [3.8, 4) is 0 Å². The van der Waals surface area contributed by atoms with Crippen molar-refractivity contribution in [2.45, 2.75) is 25.9 Å². The van der Waals surface area contributed by atoms with Crippen LogP contribution in [0.2, 0.25) is 0 Å². The first-order valence-corrected chi connectivity index (χ1v) is 8.09. The molecule has 0 radical (unpaired) electrons. The molecule has 2 aromatic rings. The predicted octanol–water partition coefficient (Wildman–Crippen LogP) is 2.38. The molecule has 21 heavy (non-hydrogen) atoms. The standard InChI is InChI=1S/C16H19N3OS/c1-12(14-4-2-3-7-17-14)18-10-16(20)19-8-5-15-13(11-19)6-9-21-15/h2-4,6-7,9,12,18H,5,8,10-11H2,1H3/t12-/m1/s1. The number of pyridine rings is 1. The number of carbonyl (C=O) groups excluding carboxylic acids is 1. The van der Waals surface area contributed by atoms with E-state index in [4.69, 9.17) is 0 Å². The Morgan fingerprint density at radius 2 is 2.38 bits per heavy atom. The van der Waals surface area contributed by atoms with E-state index in [1.165, 1.54) is 10.4 Å². The van der Waals surface area contributed by atoms with Gasteiger partial charge in [0.15, 0.2) is 0 Å². The number of nitrogens with zero attached hydrogens (tertiary/aromatic N) is 2. The van der Waals surface area contributed by atoms with Crippen molar-refractivity contribution in [2.24, 2.45) is 0 Å². The molecule has 0 fully saturated rings. The SMILES string of the molecule is C[C@@H](NCC(=O)N1CCc2sccc2C1)c1ccccn1. The number of amides is 1. The van der Waals surface area contributed by atoms with Gasteiger partial charge in [-0.25, -0.2) is 0 Å². The Kier molecular flexibility index (Phi) is 4.31. The van der Waals surface area contributed by atoms with Crippen LogP contribution in [0.4, 0.5) is 0 Å². The minimum absolute atomic E-state index is 0.0802. The van der Waals surface area contributed by atoms with Gasteiger partial charge >= 0.3 is 0 Å². The maximum atomic E-state index is 12.3. The lowest BCUT2D eigenvalue weighted by Crippen LogP contribution is -2.41. The summed E-state index contributed by atoms with van der Waals surface area (Å²) in [6.45, 7) is 3.96. The predicted molar refractivity (Wildman–Crippen MR) is 84.1 cm³/mol. The van der Waals surface area contributed by atoms with Crippen LogP contribution < -0.4 is 5.32 Å². The van der Waals surface area contributed by atoms with Crippen LogP contribution in [0.25, 0.3) is 0 Å². The van der Waals surface area contributed by atoms with Gasteiger partial charge in [-0.2, -0.15) is 0 Å². The van der Waals surface area contributed by atoms with Crippen molar-refractivity contribution in [3.05, 3.63) is 52.0 Å². The third-order valence-corrected chi connectivity index (χ3v) is 4.87. The molecule has 0 saturated heterocycles. The summed E-state index contributed by atoms with van der Waals surface area (Å²) in [6, 6.07) is 8.04. The summed E-state index contributed by atoms with van der Waals surface area (Å²) in [5.41, 5.74) is 2.27. The molecular formula is C16H19N3OS. The van der Waals surface area contributed by atoms with E-state index in [0.29, 0.717) is 6.54 Å². The van der Waals surface area contributed by atoms with E-state index in [9.17, 15) is 4.79 Å². The van der Waals surface area contributed by atoms with Crippen molar-refractivity contribution in [1.29, 1.82) is 0 Å². The van der Waals surface area contributed by atoms with Crippen LogP contribution >= 0.6 is 11.3 Å². The van der Waals surface area contributed by atoms with Crippen molar-refractivity contribution >= 4 is 17.2 Å². The second-order valence-corrected chi connectivity index (χ2v) is 6.29. The highest BCUT2D eigenvalue weighted by molar-refractivity contribution is 7.10. The van der Waals surface area contributed by atoms with Gasteiger partial charge in [0.1, 0.15) is 0 Å². The number of thiophene rings is 1. The zero-order chi connectivity index (χ0) is 14.7. The van der Waals surface area contributed by atoms with Crippen molar-refractivity contribution < 1.29 is 4.79 Å². The molecule has 1 N–H and O–H groups in total. The Hall–Kier alpha value is -1.72. The molecule has 3 rings (SSSR count). The second-order valence-electron chi connectivity index (χ2n) is 5.29. The van der Waals surface area contributed by atoms with Crippen LogP contribution in [0.15, 0.2) is 35.8 Å². The molecular weight excluding hydrogens is 282 g/mol. The molecule has 110 valence electrons. The van der Waals surface area contributed by atoms with Gasteiger partial charge in [0.2, 0.25) is 5.91 Å². The minimum atomic E-state index is 0.0802. The van der Waals surface area contributed by atoms with Gasteiger partial charge in [0.05, 0.1) is 12.2 Å². The van der Waals surface area contributed by atoms with Crippen molar-refractivity contribution in [2.75, 3.05) is 13.1 Å². The molecule has 0 saturated carbocycles. The molecule has 4 nitrogen and oxygen atoms in total. The van der Waals surface area contributed by atoms with E-state index in [1.54, 1.807) is 17.5 Å². The summed E-state index contributed by atoms with van der Waals surface area (Å²) in [5.74, 6) is 0.162. The Bertz CT molecular complexity index is 611. The first-order chi connectivity index (χ1) is 10.2. The van der Waals surface area contributed by atoms with E-state index in [1.807, 2.05) is 30.0 Å². The number of aromatic nitrogens is 1. The third-order valence-electron chi connectivity index (χ3n) is 3.85. The topological polar surface area (TPSA) is 45.2 Å². The van der Waals surface area contributed by atoms with Gasteiger partial charge in [0, 0.05) is 30.2 Å². The molecule has 1 aliphatic rings. The summed E-state index contributed by atoms with van der Waals surface area (Å²) in [4.78, 5) is 20.0. The second kappa shape index (κ2) is 6.37. The lowest BCUT2D eigenvalue weighted by Gasteiger charge is -2.27. The fourth-order valence-corrected chi connectivity index (χ4v) is 3.44. The van der Waals surface area contributed by atoms with Gasteiger partial charge in [-0.1, -0.05) is 6.07 Å². The maximum absolute atomic E-state index is 12.3. The van der Waals surface area contributed by atoms with E-state index in [0.717, 1.165) is 25.2 Å². The smallest absolute Gasteiger partial charge is 0.236 e. The highest BCUT2D eigenvalue weighted by Crippen LogP contribution is 2.23. The Labute approximate surface area is 128 Å². The molecule has 2 aromatic heterocycles. The monoisotopic (exact) mass is 301 g/mol. The lowest BCUT2D eigenvalue weighted by atomic mass is 10.1. The molecule has 1 atom stereocenters. The fraction of sp³-hybridized carbons (Fsp3) is 0.375. The van der Waals surface area contributed by atoms with Crippen LogP contribution in [-0.2, 0) is 17.8 Å². The van der Waals surface area contributed by atoms with E-state index < -0.39 is 0 Å². The number of rotatable bonds is 4. The summed E-state index contributed by atoms with van der Waals surface area (Å²) < 4.78 is 0. The minimum Gasteiger partial charge on any atom is -0.337 e. The molecule has 0 unspecified atom stereocenters. The quantitative estimate of drug-likeness (QED) is 0.943. The zero-order valence-corrected chi connectivity index (χ0v) is 12.9. The average molecular weight is 301 g/mol. The Morgan fingerprint density at radius 1 is 1.48 bits per heavy atom. The number of hydrogen-bond acceptors (Lipinski definition) is 4. The largest absolute Gasteiger partial charge is 0.337 e. The molecule has 1 aliphatic heterocycles. The van der Waals surface area contributed by atoms with Crippen LogP contribution in [-0.4, -0.2) is 28.9 Å². The van der Waals surface area contributed by atoms with Crippen LogP contribution in [0.3, 0.4) is 0 Å². The van der Waals surface area contributed by atoms with Gasteiger partial charge in [-0.3, -0.25) is 9.78 Å². The van der Waals surface area contributed by atoms with E-state index in [-0.39, 0.29) is 11.9 Å². The molecule has 0 bridgehead atoms. The summed E-state index contributed by atoms with van der Waals surface area (Å²) >= 11 is 1.79. The van der Waals surface area contributed by atoms with E-state index in [2.05, 4.69) is 21.7 Å². The number of nitrogens with one attached hydrogen (secondary N) is 1. The molecule has 1 amide bonds. The van der Waals surface area contributed by atoms with Crippen LogP contribution in [0, 0.1) is 0 Å². The number of fused-ring (bicyclic) bond motifs is 1. The zero-order valence-electron chi connectivity index (χ0n) is 12.1. The summed E-state index contributed by atoms with van der Waals surface area (Å²) in [5, 5.41) is 5.37. The highest BCUT2D eigenvalue weighted by Gasteiger charge is 2.21. The maximum Gasteiger partial charge on any atom is 0.236 e. The number of hydrogen-bond donors (Lipinski definition) is 1. The fourth-order valence-electron chi connectivity index (χ4n) is 2.55. The first-order valence-electron chi connectivity index (χ1n) is 7.21.